The van der Waals surface area contributed by atoms with Crippen LogP contribution >= 0.6 is 0 Å². The summed E-state index contributed by atoms with van der Waals surface area (Å²) in [5, 5.41) is 8.39. The number of nitrogens with one attached hydrogen (secondary N) is 1. The minimum Gasteiger partial charge on any atom is -0.383 e. The molecule has 0 aliphatic rings. The molecular weight excluding hydrogens is 256 g/mol. The van der Waals surface area contributed by atoms with E-state index in [9.17, 15) is 0 Å². The lowest BCUT2D eigenvalue weighted by atomic mass is 10.4. The minimum absolute atomic E-state index is 0.611. The number of fused-ring (bicyclic) bond motifs is 1. The molecule has 0 unspecified atom stereocenters. The monoisotopic (exact) mass is 270 g/mol. The van der Waals surface area contributed by atoms with E-state index in [4.69, 9.17) is 4.74 Å². The van der Waals surface area contributed by atoms with Gasteiger partial charge in [-0.25, -0.2) is 15.0 Å². The molecule has 0 atom stereocenters. The summed E-state index contributed by atoms with van der Waals surface area (Å²) in [7, 11) is 1.66. The lowest BCUT2D eigenvalue weighted by molar-refractivity contribution is 0.210. The summed E-state index contributed by atoms with van der Waals surface area (Å²) in [4.78, 5) is 12.8. The first-order valence-electron chi connectivity index (χ1n) is 6.23. The number of aromatic nitrogens is 5. The minimum atomic E-state index is 0.611. The summed E-state index contributed by atoms with van der Waals surface area (Å²) in [5.74, 6) is 1.47. The topological polar surface area (TPSA) is 77.8 Å². The van der Waals surface area contributed by atoms with Crippen LogP contribution in [0.4, 0.5) is 5.82 Å². The van der Waals surface area contributed by atoms with Crippen molar-refractivity contribution in [3.05, 3.63) is 36.9 Å². The number of pyridine rings is 1. The Bertz CT molecular complexity index is 696. The third kappa shape index (κ3) is 2.30. The van der Waals surface area contributed by atoms with Crippen LogP contribution in [0.1, 0.15) is 0 Å². The summed E-state index contributed by atoms with van der Waals surface area (Å²) in [6.07, 6.45) is 4.97. The number of ether oxygens (including phenoxy) is 1. The molecule has 0 aliphatic heterocycles. The van der Waals surface area contributed by atoms with E-state index in [0.717, 1.165) is 22.7 Å². The average molecular weight is 270 g/mol. The highest BCUT2D eigenvalue weighted by atomic mass is 16.5. The number of methoxy groups -OCH3 is 1. The predicted molar refractivity (Wildman–Crippen MR) is 74.8 cm³/mol. The summed E-state index contributed by atoms with van der Waals surface area (Å²) >= 11 is 0. The molecule has 3 heterocycles. The molecule has 0 aromatic carbocycles. The third-order valence-corrected chi connectivity index (χ3v) is 2.83. The van der Waals surface area contributed by atoms with E-state index in [1.165, 1.54) is 6.33 Å². The molecule has 0 saturated carbocycles. The zero-order valence-corrected chi connectivity index (χ0v) is 11.0. The number of anilines is 1. The number of hydrogen-bond acceptors (Lipinski definition) is 6. The van der Waals surface area contributed by atoms with Gasteiger partial charge >= 0.3 is 0 Å². The lowest BCUT2D eigenvalue weighted by Crippen LogP contribution is -2.09. The second-order valence-electron chi connectivity index (χ2n) is 4.12. The standard InChI is InChI=1S/C13H14N6O/c1-20-7-6-15-12-10-8-18-19(13(10)17-9-16-12)11-4-2-3-5-14-11/h2-5,8-9H,6-7H2,1H3,(H,15,16,17). The SMILES string of the molecule is COCCNc1ncnc2c1cnn2-c1ccccn1. The summed E-state index contributed by atoms with van der Waals surface area (Å²) < 4.78 is 6.71. The van der Waals surface area contributed by atoms with Gasteiger partial charge in [-0.05, 0) is 12.1 Å². The van der Waals surface area contributed by atoms with Gasteiger partial charge in [-0.15, -0.1) is 0 Å². The average Bonchev–Trinajstić information content (AvgIpc) is 2.93. The van der Waals surface area contributed by atoms with Gasteiger partial charge < -0.3 is 10.1 Å². The van der Waals surface area contributed by atoms with Crippen LogP contribution in [0.25, 0.3) is 16.9 Å². The Morgan fingerprint density at radius 2 is 2.20 bits per heavy atom. The zero-order chi connectivity index (χ0) is 13.8. The van der Waals surface area contributed by atoms with Crippen molar-refractivity contribution in [2.24, 2.45) is 0 Å². The molecular formula is C13H14N6O. The van der Waals surface area contributed by atoms with Crippen molar-refractivity contribution in [1.29, 1.82) is 0 Å². The first-order valence-corrected chi connectivity index (χ1v) is 6.23. The van der Waals surface area contributed by atoms with E-state index in [2.05, 4.69) is 25.4 Å². The van der Waals surface area contributed by atoms with Crippen molar-refractivity contribution in [3.63, 3.8) is 0 Å². The summed E-state index contributed by atoms with van der Waals surface area (Å²) in [6, 6.07) is 5.66. The van der Waals surface area contributed by atoms with Crippen molar-refractivity contribution in [2.75, 3.05) is 25.6 Å². The van der Waals surface area contributed by atoms with Crippen molar-refractivity contribution >= 4 is 16.9 Å². The number of rotatable bonds is 5. The maximum Gasteiger partial charge on any atom is 0.170 e. The Balaban J connectivity index is 1.99. The molecule has 0 fully saturated rings. The largest absolute Gasteiger partial charge is 0.383 e. The predicted octanol–water partition coefficient (Wildman–Crippen LogP) is 1.27. The summed E-state index contributed by atoms with van der Waals surface area (Å²) in [6.45, 7) is 1.29. The van der Waals surface area contributed by atoms with E-state index in [-0.39, 0.29) is 0 Å². The van der Waals surface area contributed by atoms with Gasteiger partial charge in [0, 0.05) is 19.9 Å². The van der Waals surface area contributed by atoms with Crippen molar-refractivity contribution in [2.45, 2.75) is 0 Å². The summed E-state index contributed by atoms with van der Waals surface area (Å²) in [5.41, 5.74) is 0.721. The lowest BCUT2D eigenvalue weighted by Gasteiger charge is -2.05. The van der Waals surface area contributed by atoms with Crippen LogP contribution in [-0.4, -0.2) is 45.0 Å². The highest BCUT2D eigenvalue weighted by Gasteiger charge is 2.10. The van der Waals surface area contributed by atoms with Gasteiger partial charge in [-0.3, -0.25) is 0 Å². The second-order valence-corrected chi connectivity index (χ2v) is 4.12. The smallest absolute Gasteiger partial charge is 0.170 e. The molecule has 3 aromatic rings. The van der Waals surface area contributed by atoms with Crippen molar-refractivity contribution in [1.82, 2.24) is 24.7 Å². The van der Waals surface area contributed by atoms with Gasteiger partial charge in [0.1, 0.15) is 12.1 Å². The molecule has 20 heavy (non-hydrogen) atoms. The van der Waals surface area contributed by atoms with Crippen LogP contribution in [0.3, 0.4) is 0 Å². The Kier molecular flexibility index (Phi) is 3.51. The number of nitrogens with zero attached hydrogens (tertiary/aromatic N) is 5. The Hall–Kier alpha value is -2.54. The van der Waals surface area contributed by atoms with E-state index in [1.54, 1.807) is 24.2 Å². The third-order valence-electron chi connectivity index (χ3n) is 2.83. The van der Waals surface area contributed by atoms with Gasteiger partial charge in [0.25, 0.3) is 0 Å². The zero-order valence-electron chi connectivity index (χ0n) is 11.0. The Morgan fingerprint density at radius 3 is 3.00 bits per heavy atom. The van der Waals surface area contributed by atoms with Crippen molar-refractivity contribution in [3.8, 4) is 5.82 Å². The first kappa shape index (κ1) is 12.5. The van der Waals surface area contributed by atoms with E-state index in [1.807, 2.05) is 18.2 Å². The fourth-order valence-electron chi connectivity index (χ4n) is 1.90. The van der Waals surface area contributed by atoms with Crippen LogP contribution in [0.15, 0.2) is 36.9 Å². The van der Waals surface area contributed by atoms with Crippen LogP contribution < -0.4 is 5.32 Å². The maximum atomic E-state index is 5.01. The van der Waals surface area contributed by atoms with E-state index >= 15 is 0 Å². The highest BCUT2D eigenvalue weighted by molar-refractivity contribution is 5.86. The molecule has 0 amide bonds. The van der Waals surface area contributed by atoms with Crippen LogP contribution in [0, 0.1) is 0 Å². The van der Waals surface area contributed by atoms with Crippen LogP contribution in [0.2, 0.25) is 0 Å². The molecule has 3 aromatic heterocycles. The molecule has 0 spiro atoms. The van der Waals surface area contributed by atoms with Crippen LogP contribution in [0.5, 0.6) is 0 Å². The maximum absolute atomic E-state index is 5.01. The normalized spacial score (nSPS) is 10.8. The molecule has 0 bridgehead atoms. The molecule has 3 rings (SSSR count). The first-order chi connectivity index (χ1) is 9.90. The van der Waals surface area contributed by atoms with E-state index in [0.29, 0.717) is 13.2 Å². The van der Waals surface area contributed by atoms with Gasteiger partial charge in [-0.1, -0.05) is 6.07 Å². The van der Waals surface area contributed by atoms with Crippen molar-refractivity contribution < 1.29 is 4.74 Å². The molecule has 7 heteroatoms. The van der Waals surface area contributed by atoms with Gasteiger partial charge in [-0.2, -0.15) is 9.78 Å². The molecule has 1 N–H and O–H groups in total. The van der Waals surface area contributed by atoms with E-state index < -0.39 is 0 Å². The second kappa shape index (κ2) is 5.62. The van der Waals surface area contributed by atoms with Gasteiger partial charge in [0.15, 0.2) is 11.5 Å². The molecule has 102 valence electrons. The number of hydrogen-bond donors (Lipinski definition) is 1. The molecule has 0 saturated heterocycles. The highest BCUT2D eigenvalue weighted by Crippen LogP contribution is 2.20. The quantitative estimate of drug-likeness (QED) is 0.703. The van der Waals surface area contributed by atoms with Gasteiger partial charge in [0.2, 0.25) is 0 Å². The molecule has 0 aliphatic carbocycles. The fourth-order valence-corrected chi connectivity index (χ4v) is 1.90. The van der Waals surface area contributed by atoms with Crippen LogP contribution in [-0.2, 0) is 4.74 Å². The molecule has 0 radical (unpaired) electrons. The van der Waals surface area contributed by atoms with Gasteiger partial charge in [0.05, 0.1) is 18.2 Å². The fraction of sp³-hybridized carbons (Fsp3) is 0.231. The Labute approximate surface area is 115 Å². The molecule has 7 nitrogen and oxygen atoms in total. The Morgan fingerprint density at radius 1 is 1.25 bits per heavy atom.